The maximum atomic E-state index is 13.3. The Bertz CT molecular complexity index is 1080. The maximum Gasteiger partial charge on any atom is 0.244 e. The summed E-state index contributed by atoms with van der Waals surface area (Å²) in [6, 6.07) is 11.7. The fourth-order valence-corrected chi connectivity index (χ4v) is 4.56. The topological polar surface area (TPSA) is 86.8 Å². The molecule has 1 N–H and O–H groups in total. The fraction of sp³-hybridized carbons (Fsp3) is 0.333. The summed E-state index contributed by atoms with van der Waals surface area (Å²) in [6.45, 7) is 3.19. The lowest BCUT2D eigenvalue weighted by molar-refractivity contribution is -0.139. The maximum absolute atomic E-state index is 13.3. The molecule has 31 heavy (non-hydrogen) atoms. The predicted molar refractivity (Wildman–Crippen MR) is 129 cm³/mol. The molecule has 7 nitrogen and oxygen atoms in total. The van der Waals surface area contributed by atoms with Gasteiger partial charge in [0.2, 0.25) is 21.8 Å². The van der Waals surface area contributed by atoms with Gasteiger partial charge in [0.05, 0.1) is 11.9 Å². The van der Waals surface area contributed by atoms with Crippen molar-refractivity contribution < 1.29 is 18.0 Å². The molecule has 0 heterocycles. The monoisotopic (exact) mass is 573 g/mol. The number of likely N-dealkylation sites (N-methyl/N-ethyl adjacent to an activating group) is 1. The zero-order valence-electron chi connectivity index (χ0n) is 17.7. The van der Waals surface area contributed by atoms with Crippen molar-refractivity contribution >= 4 is 59.4 Å². The Morgan fingerprint density at radius 3 is 2.35 bits per heavy atom. The van der Waals surface area contributed by atoms with E-state index in [1.54, 1.807) is 25.1 Å². The van der Waals surface area contributed by atoms with Gasteiger partial charge in [-0.15, -0.1) is 0 Å². The standard InChI is InChI=1S/C21H25Br2N3O4S/c1-14-10-18(8-9-19(14)23)26(31(4,29)30)13-20(27)25(15(2)21(28)24-3)12-16-6-5-7-17(22)11-16/h5-11,15H,12-13H2,1-4H3,(H,24,28)/t15-/m0/s1. The van der Waals surface area contributed by atoms with Crippen molar-refractivity contribution in [3.05, 3.63) is 62.5 Å². The van der Waals surface area contributed by atoms with E-state index in [1.807, 2.05) is 31.2 Å². The van der Waals surface area contributed by atoms with Gasteiger partial charge >= 0.3 is 0 Å². The molecule has 0 aliphatic carbocycles. The number of halogens is 2. The van der Waals surface area contributed by atoms with Crippen molar-refractivity contribution in [1.82, 2.24) is 10.2 Å². The average Bonchev–Trinajstić information content (AvgIpc) is 2.70. The number of nitrogens with one attached hydrogen (secondary N) is 1. The fourth-order valence-electron chi connectivity index (χ4n) is 3.02. The largest absolute Gasteiger partial charge is 0.357 e. The van der Waals surface area contributed by atoms with Crippen LogP contribution in [0, 0.1) is 6.92 Å². The Balaban J connectivity index is 2.40. The van der Waals surface area contributed by atoms with Crippen LogP contribution < -0.4 is 9.62 Å². The molecule has 1 atom stereocenters. The van der Waals surface area contributed by atoms with E-state index in [0.29, 0.717) is 5.69 Å². The van der Waals surface area contributed by atoms with Gasteiger partial charge in [0.1, 0.15) is 12.6 Å². The zero-order chi connectivity index (χ0) is 23.3. The average molecular weight is 575 g/mol. The van der Waals surface area contributed by atoms with Crippen LogP contribution in [0.1, 0.15) is 18.1 Å². The van der Waals surface area contributed by atoms with Crippen LogP contribution in [0.3, 0.4) is 0 Å². The van der Waals surface area contributed by atoms with Crippen LogP contribution in [0.25, 0.3) is 0 Å². The van der Waals surface area contributed by atoms with E-state index in [2.05, 4.69) is 37.2 Å². The number of carbonyl (C=O) groups excluding carboxylic acids is 2. The third kappa shape index (κ3) is 6.78. The minimum Gasteiger partial charge on any atom is -0.357 e. The quantitative estimate of drug-likeness (QED) is 0.523. The smallest absolute Gasteiger partial charge is 0.244 e. The number of anilines is 1. The molecule has 2 aromatic carbocycles. The molecule has 10 heteroatoms. The molecule has 168 valence electrons. The SMILES string of the molecule is CNC(=O)[C@H](C)N(Cc1cccc(Br)c1)C(=O)CN(c1ccc(Br)c(C)c1)S(C)(=O)=O. The first-order valence-corrected chi connectivity index (χ1v) is 12.9. The van der Waals surface area contributed by atoms with E-state index in [0.717, 1.165) is 30.6 Å². The van der Waals surface area contributed by atoms with Crippen LogP contribution in [-0.2, 0) is 26.2 Å². The van der Waals surface area contributed by atoms with Crippen molar-refractivity contribution in [3.8, 4) is 0 Å². The van der Waals surface area contributed by atoms with Crippen molar-refractivity contribution in [2.24, 2.45) is 0 Å². The molecule has 2 amide bonds. The van der Waals surface area contributed by atoms with Gasteiger partial charge in [0.25, 0.3) is 0 Å². The first kappa shape index (κ1) is 25.4. The molecular formula is C21H25Br2N3O4S. The third-order valence-corrected chi connectivity index (χ3v) is 7.29. The van der Waals surface area contributed by atoms with Crippen molar-refractivity contribution in [2.45, 2.75) is 26.4 Å². The van der Waals surface area contributed by atoms with Gasteiger partial charge in [-0.1, -0.05) is 44.0 Å². The molecule has 0 saturated carbocycles. The Hall–Kier alpha value is -1.91. The lowest BCUT2D eigenvalue weighted by atomic mass is 10.1. The van der Waals surface area contributed by atoms with Gasteiger partial charge in [0.15, 0.2) is 0 Å². The Kier molecular flexibility index (Phi) is 8.67. The molecule has 2 rings (SSSR count). The van der Waals surface area contributed by atoms with Crippen LogP contribution in [0.4, 0.5) is 5.69 Å². The van der Waals surface area contributed by atoms with Gasteiger partial charge < -0.3 is 10.2 Å². The number of hydrogen-bond donors (Lipinski definition) is 1. The second-order valence-corrected chi connectivity index (χ2v) is 10.8. The summed E-state index contributed by atoms with van der Waals surface area (Å²) in [6.07, 6.45) is 1.05. The van der Waals surface area contributed by atoms with Gasteiger partial charge in [-0.05, 0) is 55.3 Å². The summed E-state index contributed by atoms with van der Waals surface area (Å²) in [4.78, 5) is 27.0. The summed E-state index contributed by atoms with van der Waals surface area (Å²) in [5.41, 5.74) is 2.03. The number of sulfonamides is 1. The number of benzene rings is 2. The predicted octanol–water partition coefficient (Wildman–Crippen LogP) is 3.45. The molecule has 0 saturated heterocycles. The van der Waals surface area contributed by atoms with E-state index in [9.17, 15) is 18.0 Å². The molecule has 2 aromatic rings. The van der Waals surface area contributed by atoms with Crippen LogP contribution in [0.5, 0.6) is 0 Å². The molecule has 0 fully saturated rings. The summed E-state index contributed by atoms with van der Waals surface area (Å²) < 4.78 is 27.7. The molecule has 0 spiro atoms. The summed E-state index contributed by atoms with van der Waals surface area (Å²) >= 11 is 6.80. The number of amides is 2. The number of nitrogens with zero attached hydrogens (tertiary/aromatic N) is 2. The summed E-state index contributed by atoms with van der Waals surface area (Å²) in [7, 11) is -2.25. The second kappa shape index (κ2) is 10.6. The number of aryl methyl sites for hydroxylation is 1. The lowest BCUT2D eigenvalue weighted by Crippen LogP contribution is -2.50. The van der Waals surface area contributed by atoms with Crippen LogP contribution in [0.15, 0.2) is 51.4 Å². The van der Waals surface area contributed by atoms with E-state index >= 15 is 0 Å². The zero-order valence-corrected chi connectivity index (χ0v) is 21.7. The van der Waals surface area contributed by atoms with E-state index < -0.39 is 28.5 Å². The minimum atomic E-state index is -3.74. The molecule has 0 unspecified atom stereocenters. The van der Waals surface area contributed by atoms with Crippen LogP contribution in [-0.4, -0.2) is 51.0 Å². The molecule has 0 aromatic heterocycles. The van der Waals surface area contributed by atoms with E-state index in [-0.39, 0.29) is 12.5 Å². The second-order valence-electron chi connectivity index (χ2n) is 7.14. The molecular weight excluding hydrogens is 550 g/mol. The van der Waals surface area contributed by atoms with Crippen LogP contribution in [0.2, 0.25) is 0 Å². The highest BCUT2D eigenvalue weighted by molar-refractivity contribution is 9.10. The Labute approximate surface area is 200 Å². The molecule has 0 bridgehead atoms. The number of rotatable bonds is 8. The minimum absolute atomic E-state index is 0.157. The number of hydrogen-bond acceptors (Lipinski definition) is 4. The number of carbonyl (C=O) groups is 2. The van der Waals surface area contributed by atoms with E-state index in [4.69, 9.17) is 0 Å². The normalized spacial score (nSPS) is 12.2. The molecule has 0 aliphatic rings. The molecule has 0 aliphatic heterocycles. The van der Waals surface area contributed by atoms with Crippen molar-refractivity contribution in [3.63, 3.8) is 0 Å². The Morgan fingerprint density at radius 1 is 1.13 bits per heavy atom. The summed E-state index contributed by atoms with van der Waals surface area (Å²) in [5, 5.41) is 2.55. The molecule has 0 radical (unpaired) electrons. The Morgan fingerprint density at radius 2 is 1.81 bits per heavy atom. The highest BCUT2D eigenvalue weighted by Gasteiger charge is 2.29. The van der Waals surface area contributed by atoms with Gasteiger partial charge in [-0.3, -0.25) is 13.9 Å². The van der Waals surface area contributed by atoms with Crippen LogP contribution >= 0.6 is 31.9 Å². The third-order valence-electron chi connectivity index (χ3n) is 4.76. The first-order valence-electron chi connectivity index (χ1n) is 9.43. The first-order chi connectivity index (χ1) is 14.4. The lowest BCUT2D eigenvalue weighted by Gasteiger charge is -2.31. The van der Waals surface area contributed by atoms with Gasteiger partial charge in [0, 0.05) is 22.5 Å². The highest BCUT2D eigenvalue weighted by Crippen LogP contribution is 2.25. The highest BCUT2D eigenvalue weighted by atomic mass is 79.9. The van der Waals surface area contributed by atoms with Gasteiger partial charge in [-0.25, -0.2) is 8.42 Å². The van der Waals surface area contributed by atoms with Gasteiger partial charge in [-0.2, -0.15) is 0 Å². The van der Waals surface area contributed by atoms with E-state index in [1.165, 1.54) is 11.9 Å². The van der Waals surface area contributed by atoms with Crippen molar-refractivity contribution in [2.75, 3.05) is 24.2 Å². The van der Waals surface area contributed by atoms with Crippen molar-refractivity contribution in [1.29, 1.82) is 0 Å². The summed E-state index contributed by atoms with van der Waals surface area (Å²) in [5.74, 6) is -0.823.